The quantitative estimate of drug-likeness (QED) is 0.675. The first-order chi connectivity index (χ1) is 10.2. The van der Waals surface area contributed by atoms with Gasteiger partial charge in [0.15, 0.2) is 0 Å². The monoisotopic (exact) mass is 280 g/mol. The highest BCUT2D eigenvalue weighted by Gasteiger charge is 2.30. The third-order valence-corrected chi connectivity index (χ3v) is 4.33. The van der Waals surface area contributed by atoms with Gasteiger partial charge in [-0.05, 0) is 35.7 Å². The number of aliphatic hydroxyl groups is 1. The summed E-state index contributed by atoms with van der Waals surface area (Å²) in [5, 5.41) is 15.8. The Labute approximate surface area is 121 Å². The van der Waals surface area contributed by atoms with Gasteiger partial charge in [-0.3, -0.25) is 4.79 Å². The van der Waals surface area contributed by atoms with Crippen LogP contribution in [0, 0.1) is 0 Å². The van der Waals surface area contributed by atoms with Gasteiger partial charge in [0.1, 0.15) is 5.69 Å². The van der Waals surface area contributed by atoms with Gasteiger partial charge in [0.2, 0.25) is 0 Å². The first-order valence-electron chi connectivity index (χ1n) is 7.22. The van der Waals surface area contributed by atoms with Crippen LogP contribution in [0.4, 0.5) is 0 Å². The molecule has 1 aliphatic carbocycles. The van der Waals surface area contributed by atoms with E-state index in [1.54, 1.807) is 0 Å². The standard InChI is InChI=1S/C17H16N2O2/c20-16-8-7-14(16)19-17(21)15-9-12-11-4-2-1-3-10(11)5-6-13(12)18-15/h1-6,9,14,16,18,20H,7-8H2,(H,19,21)/t14-,16-/m1/s1. The van der Waals surface area contributed by atoms with Crippen LogP contribution in [0.5, 0.6) is 0 Å². The number of aromatic amines is 1. The maximum Gasteiger partial charge on any atom is 0.268 e. The first-order valence-corrected chi connectivity index (χ1v) is 7.22. The number of rotatable bonds is 2. The zero-order valence-corrected chi connectivity index (χ0v) is 11.5. The average Bonchev–Trinajstić information content (AvgIpc) is 2.95. The molecule has 1 heterocycles. The molecule has 21 heavy (non-hydrogen) atoms. The zero-order valence-electron chi connectivity index (χ0n) is 11.5. The molecule has 4 heteroatoms. The molecule has 2 atom stereocenters. The van der Waals surface area contributed by atoms with Crippen LogP contribution in [-0.4, -0.2) is 28.1 Å². The van der Waals surface area contributed by atoms with E-state index in [4.69, 9.17) is 0 Å². The van der Waals surface area contributed by atoms with Gasteiger partial charge in [0, 0.05) is 10.9 Å². The number of hydrogen-bond donors (Lipinski definition) is 3. The maximum absolute atomic E-state index is 12.2. The number of aromatic nitrogens is 1. The summed E-state index contributed by atoms with van der Waals surface area (Å²) in [5.74, 6) is -0.154. The van der Waals surface area contributed by atoms with E-state index < -0.39 is 6.10 Å². The normalized spacial score (nSPS) is 21.4. The minimum Gasteiger partial charge on any atom is -0.391 e. The van der Waals surface area contributed by atoms with Crippen molar-refractivity contribution in [2.24, 2.45) is 0 Å². The fourth-order valence-electron chi connectivity index (χ4n) is 2.90. The zero-order chi connectivity index (χ0) is 14.4. The van der Waals surface area contributed by atoms with Gasteiger partial charge in [-0.15, -0.1) is 0 Å². The summed E-state index contributed by atoms with van der Waals surface area (Å²) in [5.41, 5.74) is 1.49. The number of amides is 1. The van der Waals surface area contributed by atoms with Crippen LogP contribution < -0.4 is 5.32 Å². The van der Waals surface area contributed by atoms with E-state index in [-0.39, 0.29) is 11.9 Å². The molecule has 0 bridgehead atoms. The summed E-state index contributed by atoms with van der Waals surface area (Å²) >= 11 is 0. The first kappa shape index (κ1) is 12.4. The summed E-state index contributed by atoms with van der Waals surface area (Å²) < 4.78 is 0. The molecule has 3 N–H and O–H groups in total. The maximum atomic E-state index is 12.2. The van der Waals surface area contributed by atoms with Crippen LogP contribution in [0.1, 0.15) is 23.3 Å². The summed E-state index contributed by atoms with van der Waals surface area (Å²) in [7, 11) is 0. The molecule has 4 rings (SSSR count). The van der Waals surface area contributed by atoms with Crippen molar-refractivity contribution in [1.82, 2.24) is 10.3 Å². The predicted molar refractivity (Wildman–Crippen MR) is 82.3 cm³/mol. The molecule has 1 fully saturated rings. The number of benzene rings is 2. The smallest absolute Gasteiger partial charge is 0.268 e. The van der Waals surface area contributed by atoms with Gasteiger partial charge in [0.25, 0.3) is 5.91 Å². The Morgan fingerprint density at radius 1 is 1.14 bits per heavy atom. The van der Waals surface area contributed by atoms with Gasteiger partial charge in [0.05, 0.1) is 12.1 Å². The Kier molecular flexibility index (Phi) is 2.72. The molecule has 1 aromatic heterocycles. The molecule has 4 nitrogen and oxygen atoms in total. The van der Waals surface area contributed by atoms with Crippen molar-refractivity contribution in [3.05, 3.63) is 48.2 Å². The van der Waals surface area contributed by atoms with Crippen molar-refractivity contribution >= 4 is 27.6 Å². The third-order valence-electron chi connectivity index (χ3n) is 4.33. The minimum atomic E-state index is -0.404. The molecule has 1 aliphatic rings. The summed E-state index contributed by atoms with van der Waals surface area (Å²) in [4.78, 5) is 15.4. The molecule has 2 aromatic carbocycles. The van der Waals surface area contributed by atoms with Crippen LogP contribution in [-0.2, 0) is 0 Å². The van der Waals surface area contributed by atoms with Gasteiger partial charge >= 0.3 is 0 Å². The van der Waals surface area contributed by atoms with Gasteiger partial charge in [-0.2, -0.15) is 0 Å². The molecule has 0 spiro atoms. The Morgan fingerprint density at radius 3 is 2.76 bits per heavy atom. The highest BCUT2D eigenvalue weighted by molar-refractivity contribution is 6.09. The SMILES string of the molecule is O=C(N[C@@H]1CC[C@H]1O)c1cc2c(ccc3ccccc32)[nH]1. The fraction of sp³-hybridized carbons (Fsp3) is 0.235. The third kappa shape index (κ3) is 1.99. The molecule has 3 aromatic rings. The molecule has 0 aliphatic heterocycles. The molecule has 1 saturated carbocycles. The molecule has 0 unspecified atom stereocenters. The Balaban J connectivity index is 1.73. The number of hydrogen-bond acceptors (Lipinski definition) is 2. The number of fused-ring (bicyclic) bond motifs is 3. The van der Waals surface area contributed by atoms with Crippen LogP contribution in [0.25, 0.3) is 21.7 Å². The molecule has 106 valence electrons. The van der Waals surface area contributed by atoms with E-state index in [0.29, 0.717) is 5.69 Å². The number of carbonyl (C=O) groups is 1. The average molecular weight is 280 g/mol. The van der Waals surface area contributed by atoms with Crippen molar-refractivity contribution in [1.29, 1.82) is 0 Å². The highest BCUT2D eigenvalue weighted by atomic mass is 16.3. The Morgan fingerprint density at radius 2 is 2.00 bits per heavy atom. The lowest BCUT2D eigenvalue weighted by Gasteiger charge is -2.32. The number of aliphatic hydroxyl groups excluding tert-OH is 1. The van der Waals surface area contributed by atoms with Crippen molar-refractivity contribution in [3.8, 4) is 0 Å². The lowest BCUT2D eigenvalue weighted by Crippen LogP contribution is -2.50. The van der Waals surface area contributed by atoms with Crippen LogP contribution in [0.2, 0.25) is 0 Å². The number of carbonyl (C=O) groups excluding carboxylic acids is 1. The lowest BCUT2D eigenvalue weighted by atomic mass is 9.89. The van der Waals surface area contributed by atoms with E-state index >= 15 is 0 Å². The van der Waals surface area contributed by atoms with Crippen LogP contribution >= 0.6 is 0 Å². The molecular weight excluding hydrogens is 264 g/mol. The van der Waals surface area contributed by atoms with Crippen LogP contribution in [0.3, 0.4) is 0 Å². The van der Waals surface area contributed by atoms with Crippen LogP contribution in [0.15, 0.2) is 42.5 Å². The van der Waals surface area contributed by atoms with Crippen molar-refractivity contribution in [2.75, 3.05) is 0 Å². The predicted octanol–water partition coefficient (Wildman–Crippen LogP) is 2.57. The van der Waals surface area contributed by atoms with Gasteiger partial charge < -0.3 is 15.4 Å². The minimum absolute atomic E-state index is 0.111. The second kappa shape index (κ2) is 4.60. The lowest BCUT2D eigenvalue weighted by molar-refractivity contribution is 0.0446. The number of nitrogens with one attached hydrogen (secondary N) is 2. The van der Waals surface area contributed by atoms with Gasteiger partial charge in [-0.25, -0.2) is 0 Å². The summed E-state index contributed by atoms with van der Waals surface area (Å²) in [6.07, 6.45) is 1.21. The molecule has 0 saturated heterocycles. The van der Waals surface area contributed by atoms with E-state index in [9.17, 15) is 9.90 Å². The van der Waals surface area contributed by atoms with Crippen molar-refractivity contribution in [2.45, 2.75) is 25.0 Å². The van der Waals surface area contributed by atoms with E-state index in [0.717, 1.165) is 34.5 Å². The highest BCUT2D eigenvalue weighted by Crippen LogP contribution is 2.26. The van der Waals surface area contributed by atoms with E-state index in [1.165, 1.54) is 0 Å². The Hall–Kier alpha value is -2.33. The van der Waals surface area contributed by atoms with Crippen molar-refractivity contribution < 1.29 is 9.90 Å². The van der Waals surface area contributed by atoms with E-state index in [1.807, 2.05) is 30.3 Å². The molecule has 1 amide bonds. The summed E-state index contributed by atoms with van der Waals surface area (Å²) in [6.45, 7) is 0. The van der Waals surface area contributed by atoms with Crippen molar-refractivity contribution in [3.63, 3.8) is 0 Å². The summed E-state index contributed by atoms with van der Waals surface area (Å²) in [6, 6.07) is 13.9. The fourth-order valence-corrected chi connectivity index (χ4v) is 2.90. The second-order valence-electron chi connectivity index (χ2n) is 5.66. The topological polar surface area (TPSA) is 65.1 Å². The van der Waals surface area contributed by atoms with E-state index in [2.05, 4.69) is 22.4 Å². The largest absolute Gasteiger partial charge is 0.391 e. The Bertz CT molecular complexity index is 837. The molecule has 0 radical (unpaired) electrons. The number of H-pyrrole nitrogens is 1. The molecular formula is C17H16N2O2. The second-order valence-corrected chi connectivity index (χ2v) is 5.66. The van der Waals surface area contributed by atoms with Gasteiger partial charge in [-0.1, -0.05) is 30.3 Å².